The lowest BCUT2D eigenvalue weighted by Gasteiger charge is -2.10. The van der Waals surface area contributed by atoms with Gasteiger partial charge in [-0.3, -0.25) is 4.79 Å². The number of nitrogens with zero attached hydrogens (tertiary/aromatic N) is 3. The standard InChI is InChI=1S/C14H13FN6O/c1-8-9(15)3-2-4-10(8)21-11(22)5-16-13-12-14(18-6-17-12)20-7-19-13/h2-4,6-7H,5H2,1H3,(H,21,22)(H2,16,17,18,19,20). The van der Waals surface area contributed by atoms with Crippen molar-refractivity contribution in [2.75, 3.05) is 17.2 Å². The molecule has 0 saturated carbocycles. The molecule has 3 N–H and O–H groups in total. The van der Waals surface area contributed by atoms with E-state index in [1.165, 1.54) is 18.7 Å². The second kappa shape index (κ2) is 5.76. The van der Waals surface area contributed by atoms with Crippen molar-refractivity contribution in [1.82, 2.24) is 19.9 Å². The maximum absolute atomic E-state index is 13.4. The fourth-order valence-corrected chi connectivity index (χ4v) is 2.00. The molecule has 1 amide bonds. The molecule has 2 heterocycles. The summed E-state index contributed by atoms with van der Waals surface area (Å²) in [6.07, 6.45) is 2.86. The average Bonchev–Trinajstić information content (AvgIpc) is 2.99. The van der Waals surface area contributed by atoms with Gasteiger partial charge in [0.2, 0.25) is 5.91 Å². The van der Waals surface area contributed by atoms with Gasteiger partial charge in [0.25, 0.3) is 0 Å². The Morgan fingerprint density at radius 3 is 3.05 bits per heavy atom. The van der Waals surface area contributed by atoms with Gasteiger partial charge in [0, 0.05) is 11.3 Å². The number of anilines is 2. The first-order valence-electron chi connectivity index (χ1n) is 6.58. The van der Waals surface area contributed by atoms with Crippen LogP contribution in [0.1, 0.15) is 5.56 Å². The van der Waals surface area contributed by atoms with Gasteiger partial charge >= 0.3 is 0 Å². The molecule has 0 unspecified atom stereocenters. The molecule has 22 heavy (non-hydrogen) atoms. The van der Waals surface area contributed by atoms with E-state index in [0.29, 0.717) is 28.2 Å². The minimum atomic E-state index is -0.360. The van der Waals surface area contributed by atoms with Gasteiger partial charge in [-0.05, 0) is 19.1 Å². The maximum atomic E-state index is 13.4. The van der Waals surface area contributed by atoms with E-state index in [1.807, 2.05) is 0 Å². The molecule has 7 nitrogen and oxygen atoms in total. The maximum Gasteiger partial charge on any atom is 0.243 e. The number of amides is 1. The van der Waals surface area contributed by atoms with Crippen LogP contribution in [0.25, 0.3) is 11.2 Å². The van der Waals surface area contributed by atoms with Crippen molar-refractivity contribution < 1.29 is 9.18 Å². The number of H-pyrrole nitrogens is 1. The van der Waals surface area contributed by atoms with Crippen molar-refractivity contribution in [2.45, 2.75) is 6.92 Å². The van der Waals surface area contributed by atoms with Crippen molar-refractivity contribution in [1.29, 1.82) is 0 Å². The van der Waals surface area contributed by atoms with Crippen LogP contribution >= 0.6 is 0 Å². The topological polar surface area (TPSA) is 95.6 Å². The fourth-order valence-electron chi connectivity index (χ4n) is 2.00. The molecule has 1 aromatic carbocycles. The number of carbonyl (C=O) groups excluding carboxylic acids is 1. The van der Waals surface area contributed by atoms with E-state index in [2.05, 4.69) is 30.6 Å². The van der Waals surface area contributed by atoms with Crippen LogP contribution in [0.5, 0.6) is 0 Å². The highest BCUT2D eigenvalue weighted by molar-refractivity contribution is 5.95. The van der Waals surface area contributed by atoms with E-state index in [4.69, 9.17) is 0 Å². The number of rotatable bonds is 4. The number of benzene rings is 1. The first-order valence-corrected chi connectivity index (χ1v) is 6.58. The number of hydrogen-bond acceptors (Lipinski definition) is 5. The largest absolute Gasteiger partial charge is 0.359 e. The molecule has 0 saturated heterocycles. The number of fused-ring (bicyclic) bond motifs is 1. The molecular formula is C14H13FN6O. The van der Waals surface area contributed by atoms with Crippen LogP contribution in [0.4, 0.5) is 15.9 Å². The number of nitrogens with one attached hydrogen (secondary N) is 3. The summed E-state index contributed by atoms with van der Waals surface area (Å²) >= 11 is 0. The SMILES string of the molecule is Cc1c(F)cccc1NC(=O)CNc1ncnc2nc[nH]c12. The Bertz CT molecular complexity index is 831. The van der Waals surface area contributed by atoms with Crippen molar-refractivity contribution in [3.8, 4) is 0 Å². The third kappa shape index (κ3) is 2.71. The normalized spacial score (nSPS) is 10.6. The van der Waals surface area contributed by atoms with Gasteiger partial charge in [-0.15, -0.1) is 0 Å². The molecule has 112 valence electrons. The first kappa shape index (κ1) is 13.9. The molecule has 3 aromatic rings. The fraction of sp³-hybridized carbons (Fsp3) is 0.143. The highest BCUT2D eigenvalue weighted by Gasteiger charge is 2.10. The lowest BCUT2D eigenvalue weighted by Crippen LogP contribution is -2.22. The smallest absolute Gasteiger partial charge is 0.243 e. The third-order valence-electron chi connectivity index (χ3n) is 3.18. The first-order chi connectivity index (χ1) is 10.6. The molecule has 8 heteroatoms. The summed E-state index contributed by atoms with van der Waals surface area (Å²) in [5.41, 5.74) is 1.98. The van der Waals surface area contributed by atoms with E-state index in [-0.39, 0.29) is 18.3 Å². The van der Waals surface area contributed by atoms with Crippen LogP contribution in [0.15, 0.2) is 30.9 Å². The van der Waals surface area contributed by atoms with Crippen LogP contribution in [0.3, 0.4) is 0 Å². The summed E-state index contributed by atoms with van der Waals surface area (Å²) in [4.78, 5) is 26.9. The zero-order valence-corrected chi connectivity index (χ0v) is 11.7. The predicted molar refractivity (Wildman–Crippen MR) is 79.9 cm³/mol. The van der Waals surface area contributed by atoms with Crippen molar-refractivity contribution in [3.63, 3.8) is 0 Å². The Labute approximate surface area is 125 Å². The van der Waals surface area contributed by atoms with E-state index < -0.39 is 0 Å². The van der Waals surface area contributed by atoms with E-state index >= 15 is 0 Å². The summed E-state index contributed by atoms with van der Waals surface area (Å²) in [6.45, 7) is 1.60. The number of hydrogen-bond donors (Lipinski definition) is 3. The number of aromatic nitrogens is 4. The minimum absolute atomic E-state index is 0.0128. The summed E-state index contributed by atoms with van der Waals surface area (Å²) in [7, 11) is 0. The Balaban J connectivity index is 1.68. The molecule has 0 fully saturated rings. The molecule has 0 atom stereocenters. The molecule has 0 aliphatic carbocycles. The molecule has 0 aliphatic heterocycles. The molecule has 0 radical (unpaired) electrons. The number of carbonyl (C=O) groups is 1. The van der Waals surface area contributed by atoms with Gasteiger partial charge in [0.05, 0.1) is 12.9 Å². The summed E-state index contributed by atoms with van der Waals surface area (Å²) in [6, 6.07) is 4.54. The highest BCUT2D eigenvalue weighted by Crippen LogP contribution is 2.17. The molecule has 2 aromatic heterocycles. The van der Waals surface area contributed by atoms with Gasteiger partial charge in [0.1, 0.15) is 17.7 Å². The quantitative estimate of drug-likeness (QED) is 0.683. The monoisotopic (exact) mass is 300 g/mol. The molecular weight excluding hydrogens is 287 g/mol. The second-order valence-electron chi connectivity index (χ2n) is 4.64. The van der Waals surface area contributed by atoms with Crippen LogP contribution < -0.4 is 10.6 Å². The highest BCUT2D eigenvalue weighted by atomic mass is 19.1. The Morgan fingerprint density at radius 1 is 1.32 bits per heavy atom. The molecule has 0 aliphatic rings. The van der Waals surface area contributed by atoms with E-state index in [1.54, 1.807) is 19.1 Å². The van der Waals surface area contributed by atoms with Gasteiger partial charge in [-0.1, -0.05) is 6.07 Å². The lowest BCUT2D eigenvalue weighted by molar-refractivity contribution is -0.114. The van der Waals surface area contributed by atoms with E-state index in [9.17, 15) is 9.18 Å². The van der Waals surface area contributed by atoms with Gasteiger partial charge in [0.15, 0.2) is 11.5 Å². The molecule has 0 bridgehead atoms. The molecule has 3 rings (SSSR count). The number of imidazole rings is 1. The zero-order chi connectivity index (χ0) is 15.5. The van der Waals surface area contributed by atoms with Crippen molar-refractivity contribution >= 4 is 28.6 Å². The lowest BCUT2D eigenvalue weighted by atomic mass is 10.2. The van der Waals surface area contributed by atoms with Gasteiger partial charge < -0.3 is 15.6 Å². The number of halogens is 1. The second-order valence-corrected chi connectivity index (χ2v) is 4.64. The number of aromatic amines is 1. The Hall–Kier alpha value is -3.03. The van der Waals surface area contributed by atoms with Crippen LogP contribution in [0.2, 0.25) is 0 Å². The van der Waals surface area contributed by atoms with Crippen LogP contribution in [0, 0.1) is 12.7 Å². The zero-order valence-electron chi connectivity index (χ0n) is 11.7. The Morgan fingerprint density at radius 2 is 2.18 bits per heavy atom. The predicted octanol–water partition coefficient (Wildman–Crippen LogP) is 1.85. The minimum Gasteiger partial charge on any atom is -0.359 e. The summed E-state index contributed by atoms with van der Waals surface area (Å²) < 4.78 is 13.4. The van der Waals surface area contributed by atoms with Crippen molar-refractivity contribution in [3.05, 3.63) is 42.2 Å². The van der Waals surface area contributed by atoms with Gasteiger partial charge in [-0.25, -0.2) is 19.3 Å². The van der Waals surface area contributed by atoms with Crippen LogP contribution in [-0.2, 0) is 4.79 Å². The van der Waals surface area contributed by atoms with E-state index in [0.717, 1.165) is 0 Å². The summed E-state index contributed by atoms with van der Waals surface area (Å²) in [5, 5.41) is 5.55. The van der Waals surface area contributed by atoms with Gasteiger partial charge in [-0.2, -0.15) is 0 Å². The van der Waals surface area contributed by atoms with Crippen molar-refractivity contribution in [2.24, 2.45) is 0 Å². The molecule has 0 spiro atoms. The summed E-state index contributed by atoms with van der Waals surface area (Å²) in [5.74, 6) is -0.186. The third-order valence-corrected chi connectivity index (χ3v) is 3.18. The Kier molecular flexibility index (Phi) is 3.65. The average molecular weight is 300 g/mol. The van der Waals surface area contributed by atoms with Crippen LogP contribution in [-0.4, -0.2) is 32.4 Å².